The van der Waals surface area contributed by atoms with Crippen molar-refractivity contribution in [3.05, 3.63) is 87.3 Å². The zero-order valence-electron chi connectivity index (χ0n) is 18.3. The molecule has 1 aromatic heterocycles. The monoisotopic (exact) mass is 539 g/mol. The van der Waals surface area contributed by atoms with Gasteiger partial charge in [-0.15, -0.1) is 0 Å². The molecule has 3 N–H and O–H groups in total. The number of aliphatic hydroxyl groups excluding tert-OH is 1. The van der Waals surface area contributed by atoms with Crippen LogP contribution >= 0.6 is 23.2 Å². The van der Waals surface area contributed by atoms with E-state index < -0.39 is 54.3 Å². The third-order valence-corrected chi connectivity index (χ3v) is 6.49. The first-order chi connectivity index (χ1) is 17.0. The number of pyridine rings is 1. The number of nitrogens with one attached hydrogen (secondary N) is 1. The average Bonchev–Trinajstić information content (AvgIpc) is 2.93. The first kappa shape index (κ1) is 25.9. The van der Waals surface area contributed by atoms with E-state index in [-0.39, 0.29) is 32.7 Å². The second-order valence-electron chi connectivity index (χ2n) is 8.08. The van der Waals surface area contributed by atoms with Gasteiger partial charge in [-0.2, -0.15) is 0 Å². The minimum Gasteiger partial charge on any atom is -0.393 e. The lowest BCUT2D eigenvalue weighted by Gasteiger charge is -2.33. The van der Waals surface area contributed by atoms with Crippen molar-refractivity contribution in [2.45, 2.75) is 17.9 Å². The maximum atomic E-state index is 14.9. The van der Waals surface area contributed by atoms with Gasteiger partial charge >= 0.3 is 0 Å². The molecule has 0 saturated heterocycles. The first-order valence-electron chi connectivity index (χ1n) is 10.5. The number of benzene rings is 2. The van der Waals surface area contributed by atoms with E-state index >= 15 is 0 Å². The van der Waals surface area contributed by atoms with Crippen molar-refractivity contribution < 1.29 is 33.0 Å². The zero-order valence-corrected chi connectivity index (χ0v) is 19.8. The summed E-state index contributed by atoms with van der Waals surface area (Å²) in [4.78, 5) is 30.7. The van der Waals surface area contributed by atoms with Gasteiger partial charge in [-0.1, -0.05) is 29.3 Å². The summed E-state index contributed by atoms with van der Waals surface area (Å²) in [6, 6.07) is 10.1. The van der Waals surface area contributed by atoms with Gasteiger partial charge in [0.25, 0.3) is 17.7 Å². The fraction of sp³-hybridized carbons (Fsp3) is 0.208. The van der Waals surface area contributed by atoms with Crippen LogP contribution < -0.4 is 10.2 Å². The van der Waals surface area contributed by atoms with Crippen molar-refractivity contribution in [1.29, 1.82) is 0 Å². The van der Waals surface area contributed by atoms with E-state index in [1.165, 1.54) is 36.4 Å². The van der Waals surface area contributed by atoms with Gasteiger partial charge in [0.05, 0.1) is 28.4 Å². The minimum absolute atomic E-state index is 0.00422. The van der Waals surface area contributed by atoms with E-state index in [9.17, 15) is 33.0 Å². The maximum Gasteiger partial charge on any atom is 0.284 e. The average molecular weight is 540 g/mol. The quantitative estimate of drug-likeness (QED) is 0.448. The summed E-state index contributed by atoms with van der Waals surface area (Å²) >= 11 is 11.8. The molecule has 1 atom stereocenters. The molecule has 188 valence electrons. The van der Waals surface area contributed by atoms with Gasteiger partial charge in [-0.25, -0.2) is 18.2 Å². The number of rotatable bonds is 4. The van der Waals surface area contributed by atoms with Crippen LogP contribution in [0.5, 0.6) is 0 Å². The van der Waals surface area contributed by atoms with Gasteiger partial charge in [0.2, 0.25) is 0 Å². The number of hydrogen-bond acceptors (Lipinski definition) is 5. The molecule has 2 amide bonds. The lowest BCUT2D eigenvalue weighted by Crippen LogP contribution is -2.48. The Labute approximate surface area is 213 Å². The molecule has 4 rings (SSSR count). The summed E-state index contributed by atoms with van der Waals surface area (Å²) in [5.41, 5.74) is -3.51. The van der Waals surface area contributed by atoms with E-state index in [0.29, 0.717) is 0 Å². The van der Waals surface area contributed by atoms with Crippen LogP contribution in [0.1, 0.15) is 32.7 Å². The number of amides is 2. The van der Waals surface area contributed by atoms with Crippen LogP contribution in [0, 0.1) is 5.82 Å². The molecule has 0 aliphatic carbocycles. The van der Waals surface area contributed by atoms with Gasteiger partial charge in [0.1, 0.15) is 11.6 Å². The normalized spacial score (nSPS) is 18.8. The van der Waals surface area contributed by atoms with E-state index in [1.54, 1.807) is 0 Å². The summed E-state index contributed by atoms with van der Waals surface area (Å²) < 4.78 is 43.3. The van der Waals surface area contributed by atoms with Crippen molar-refractivity contribution in [2.75, 3.05) is 23.4 Å². The molecule has 0 fully saturated rings. The molecule has 1 unspecified atom stereocenters. The van der Waals surface area contributed by atoms with E-state index in [0.717, 1.165) is 23.2 Å². The van der Waals surface area contributed by atoms with E-state index in [4.69, 9.17) is 23.2 Å². The molecule has 1 aliphatic heterocycles. The zero-order chi connectivity index (χ0) is 26.3. The van der Waals surface area contributed by atoms with Crippen LogP contribution in [0.4, 0.5) is 24.7 Å². The molecule has 2 heterocycles. The number of carbonyl (C=O) groups is 2. The molecule has 0 bridgehead atoms. The molecule has 1 aliphatic rings. The Morgan fingerprint density at radius 1 is 1.14 bits per heavy atom. The molecule has 0 spiro atoms. The predicted octanol–water partition coefficient (Wildman–Crippen LogP) is 4.65. The number of fused-ring (bicyclic) bond motifs is 1. The number of carbonyl (C=O) groups excluding carboxylic acids is 2. The van der Waals surface area contributed by atoms with Gasteiger partial charge in [0.15, 0.2) is 5.60 Å². The number of alkyl halides is 2. The number of halogens is 5. The molecule has 3 aromatic rings. The third kappa shape index (κ3) is 4.53. The predicted molar refractivity (Wildman–Crippen MR) is 127 cm³/mol. The van der Waals surface area contributed by atoms with Crippen molar-refractivity contribution in [3.8, 4) is 0 Å². The molecular formula is C24H18Cl2F3N3O4. The summed E-state index contributed by atoms with van der Waals surface area (Å²) in [6.07, 6.45) is 0.195. The molecule has 2 aromatic carbocycles. The van der Waals surface area contributed by atoms with Gasteiger partial charge in [-0.3, -0.25) is 9.59 Å². The Balaban J connectivity index is 1.62. The molecule has 0 radical (unpaired) electrons. The van der Waals surface area contributed by atoms with Crippen LogP contribution in [0.2, 0.25) is 10.0 Å². The number of anilines is 2. The fourth-order valence-corrected chi connectivity index (χ4v) is 4.26. The lowest BCUT2D eigenvalue weighted by atomic mass is 9.86. The highest BCUT2D eigenvalue weighted by Gasteiger charge is 2.56. The van der Waals surface area contributed by atoms with Crippen LogP contribution in [0.3, 0.4) is 0 Å². The maximum absolute atomic E-state index is 14.9. The van der Waals surface area contributed by atoms with Gasteiger partial charge in [-0.05, 0) is 42.5 Å². The molecule has 36 heavy (non-hydrogen) atoms. The van der Waals surface area contributed by atoms with Crippen LogP contribution in [-0.2, 0) is 5.60 Å². The Kier molecular flexibility index (Phi) is 6.98. The van der Waals surface area contributed by atoms with Crippen LogP contribution in [-0.4, -0.2) is 46.1 Å². The number of nitrogens with zero attached hydrogens (tertiary/aromatic N) is 2. The smallest absolute Gasteiger partial charge is 0.284 e. The summed E-state index contributed by atoms with van der Waals surface area (Å²) in [5, 5.41) is 22.5. The summed E-state index contributed by atoms with van der Waals surface area (Å²) in [7, 11) is 0. The van der Waals surface area contributed by atoms with E-state index in [1.807, 2.05) is 0 Å². The molecular weight excluding hydrogens is 522 g/mol. The standard InChI is InChI=1S/C24H18Cl2F3N3O4/c25-14-5-6-18-16(10-14)23(36,12-33)24(28,29)8-9-32(18)22(35)13-4-7-19(30-11-13)31-21(34)15-2-1-3-17(27)20(15)26/h1-7,10-11,33,36H,8-9,12H2,(H,30,31,34). The SMILES string of the molecule is O=C(Nc1ccc(C(=O)N2CCC(F)(F)C(O)(CO)c3cc(Cl)ccc32)cn1)c1cccc(F)c1Cl. The summed E-state index contributed by atoms with van der Waals surface area (Å²) in [6.45, 7) is -1.76. The molecule has 7 nitrogen and oxygen atoms in total. The van der Waals surface area contributed by atoms with Gasteiger partial charge in [0, 0.05) is 29.7 Å². The molecule has 12 heteroatoms. The fourth-order valence-electron chi connectivity index (χ4n) is 3.88. The number of hydrogen-bond donors (Lipinski definition) is 3. The summed E-state index contributed by atoms with van der Waals surface area (Å²) in [5.74, 6) is -5.94. The Bertz CT molecular complexity index is 1340. The number of aromatic nitrogens is 1. The highest BCUT2D eigenvalue weighted by molar-refractivity contribution is 6.34. The van der Waals surface area contributed by atoms with Crippen LogP contribution in [0.25, 0.3) is 0 Å². The second-order valence-corrected chi connectivity index (χ2v) is 8.89. The highest BCUT2D eigenvalue weighted by Crippen LogP contribution is 2.47. The number of aliphatic hydroxyl groups is 2. The first-order valence-corrected chi connectivity index (χ1v) is 11.3. The van der Waals surface area contributed by atoms with Crippen molar-refractivity contribution in [2.24, 2.45) is 0 Å². The topological polar surface area (TPSA) is 103 Å². The van der Waals surface area contributed by atoms with E-state index in [2.05, 4.69) is 10.3 Å². The van der Waals surface area contributed by atoms with Crippen molar-refractivity contribution in [3.63, 3.8) is 0 Å². The Hall–Kier alpha value is -3.18. The Morgan fingerprint density at radius 3 is 2.56 bits per heavy atom. The Morgan fingerprint density at radius 2 is 1.89 bits per heavy atom. The highest BCUT2D eigenvalue weighted by atomic mass is 35.5. The minimum atomic E-state index is -3.76. The lowest BCUT2D eigenvalue weighted by molar-refractivity contribution is -0.205. The van der Waals surface area contributed by atoms with Crippen molar-refractivity contribution in [1.82, 2.24) is 4.98 Å². The van der Waals surface area contributed by atoms with Crippen molar-refractivity contribution >= 4 is 46.5 Å². The third-order valence-electron chi connectivity index (χ3n) is 5.87. The van der Waals surface area contributed by atoms with Gasteiger partial charge < -0.3 is 20.4 Å². The largest absolute Gasteiger partial charge is 0.393 e. The second kappa shape index (κ2) is 9.70. The van der Waals surface area contributed by atoms with Crippen LogP contribution in [0.15, 0.2) is 54.7 Å². The molecule has 0 saturated carbocycles.